The maximum atomic E-state index is 6.50. The van der Waals surface area contributed by atoms with Crippen LogP contribution in [0.5, 0.6) is 0 Å². The molecule has 4 aromatic heterocycles. The lowest BCUT2D eigenvalue weighted by Gasteiger charge is -2.07. The Morgan fingerprint density at radius 3 is 1.84 bits per heavy atom. The quantitative estimate of drug-likeness (QED) is 0.223. The summed E-state index contributed by atoms with van der Waals surface area (Å²) in [6, 6.07) is 35.9. The highest BCUT2D eigenvalue weighted by Gasteiger charge is 2.18. The van der Waals surface area contributed by atoms with E-state index in [4.69, 9.17) is 24.5 Å². The van der Waals surface area contributed by atoms with E-state index in [1.54, 1.807) is 0 Å². The predicted molar refractivity (Wildman–Crippen MR) is 180 cm³/mol. The first-order valence-corrected chi connectivity index (χ1v) is 15.0. The normalized spacial score (nSPS) is 12.0. The molecule has 9 aromatic rings. The van der Waals surface area contributed by atoms with Crippen LogP contribution >= 0.6 is 0 Å². The Hall–Kier alpha value is -5.52. The maximum Gasteiger partial charge on any atom is 0.161 e. The van der Waals surface area contributed by atoms with E-state index < -0.39 is 0 Å². The van der Waals surface area contributed by atoms with Crippen molar-refractivity contribution in [2.45, 2.75) is 12.8 Å². The largest absolute Gasteiger partial charge is 0.454 e. The fourth-order valence-electron chi connectivity index (χ4n) is 6.79. The topological polar surface area (TPSA) is 78.1 Å². The van der Waals surface area contributed by atoms with E-state index in [1.807, 2.05) is 30.6 Å². The van der Waals surface area contributed by atoms with Gasteiger partial charge in [0.2, 0.25) is 0 Å². The highest BCUT2D eigenvalue weighted by atomic mass is 16.3. The Kier molecular flexibility index (Phi) is 5.55. The summed E-state index contributed by atoms with van der Waals surface area (Å²) in [4.78, 5) is 9.55. The van der Waals surface area contributed by atoms with Crippen LogP contribution in [0.3, 0.4) is 0 Å². The Balaban J connectivity index is 1.16. The van der Waals surface area contributed by atoms with Crippen molar-refractivity contribution in [2.75, 3.05) is 6.54 Å². The number of fused-ring (bicyclic) bond motifs is 10. The van der Waals surface area contributed by atoms with Crippen LogP contribution in [0.25, 0.3) is 87.9 Å². The van der Waals surface area contributed by atoms with Gasteiger partial charge in [-0.15, -0.1) is 0 Å². The smallest absolute Gasteiger partial charge is 0.161 e. The number of nitrogens with two attached hydrogens (primary N) is 1. The third kappa shape index (κ3) is 3.70. The van der Waals surface area contributed by atoms with Gasteiger partial charge in [0.15, 0.2) is 11.2 Å². The molecule has 0 aliphatic rings. The fraction of sp³-hybridized carbons (Fsp3) is 0.0769. The van der Waals surface area contributed by atoms with Crippen LogP contribution in [0, 0.1) is 0 Å². The first kappa shape index (κ1) is 25.0. The third-order valence-corrected chi connectivity index (χ3v) is 8.87. The predicted octanol–water partition coefficient (Wildman–Crippen LogP) is 9.81. The number of furan rings is 2. The van der Waals surface area contributed by atoms with Crippen LogP contribution in [0.4, 0.5) is 0 Å². The fourth-order valence-corrected chi connectivity index (χ4v) is 6.79. The Bertz CT molecular complexity index is 2540. The van der Waals surface area contributed by atoms with Gasteiger partial charge in [0.05, 0.1) is 10.8 Å². The van der Waals surface area contributed by atoms with Crippen LogP contribution in [0.2, 0.25) is 0 Å². The summed E-state index contributed by atoms with van der Waals surface area (Å²) < 4.78 is 12.9. The van der Waals surface area contributed by atoms with E-state index in [1.165, 1.54) is 16.3 Å². The summed E-state index contributed by atoms with van der Waals surface area (Å²) in [6.45, 7) is 0.679. The molecule has 0 spiro atoms. The van der Waals surface area contributed by atoms with Crippen LogP contribution in [0.1, 0.15) is 12.0 Å². The summed E-state index contributed by atoms with van der Waals surface area (Å²) >= 11 is 0. The van der Waals surface area contributed by atoms with Crippen LogP contribution < -0.4 is 5.73 Å². The minimum atomic E-state index is 0.679. The number of pyridine rings is 2. The Morgan fingerprint density at radius 1 is 0.545 bits per heavy atom. The van der Waals surface area contributed by atoms with E-state index in [0.717, 1.165) is 90.0 Å². The zero-order chi connectivity index (χ0) is 29.2. The van der Waals surface area contributed by atoms with Crippen LogP contribution in [-0.4, -0.2) is 16.5 Å². The first-order chi connectivity index (χ1) is 21.8. The van der Waals surface area contributed by atoms with E-state index >= 15 is 0 Å². The maximum absolute atomic E-state index is 6.50. The molecule has 0 bridgehead atoms. The zero-order valence-corrected chi connectivity index (χ0v) is 23.9. The van der Waals surface area contributed by atoms with Crippen LogP contribution in [0.15, 0.2) is 124 Å². The molecule has 0 amide bonds. The molecule has 0 saturated heterocycles. The zero-order valence-electron chi connectivity index (χ0n) is 23.9. The second kappa shape index (κ2) is 9.76. The molecule has 0 fully saturated rings. The van der Waals surface area contributed by atoms with E-state index in [2.05, 4.69) is 84.9 Å². The van der Waals surface area contributed by atoms with E-state index in [0.29, 0.717) is 6.54 Å². The summed E-state index contributed by atoms with van der Waals surface area (Å²) in [5.74, 6) is 0. The average molecular weight is 570 g/mol. The number of nitrogens with zero attached hydrogens (tertiary/aromatic N) is 2. The average Bonchev–Trinajstić information content (AvgIpc) is 3.66. The monoisotopic (exact) mass is 569 g/mol. The van der Waals surface area contributed by atoms with Gasteiger partial charge in [0, 0.05) is 23.5 Å². The van der Waals surface area contributed by atoms with Gasteiger partial charge in [0.25, 0.3) is 0 Å². The van der Waals surface area contributed by atoms with Crippen molar-refractivity contribution in [1.82, 2.24) is 9.97 Å². The van der Waals surface area contributed by atoms with Gasteiger partial charge in [-0.05, 0) is 81.9 Å². The summed E-state index contributed by atoms with van der Waals surface area (Å²) in [6.07, 6.45) is 5.66. The molecular formula is C39H27N3O2. The molecule has 44 heavy (non-hydrogen) atoms. The van der Waals surface area contributed by atoms with Crippen molar-refractivity contribution >= 4 is 65.7 Å². The SMILES string of the molecule is NCCCc1cccc2c1ccc1oc3c(-c4ccc(-c5ccnc6c5oc5ccc7ccccc7c56)cc4)ccnc3c12. The molecule has 0 saturated carbocycles. The van der Waals surface area contributed by atoms with Crippen LogP contribution in [-0.2, 0) is 6.42 Å². The molecule has 4 heterocycles. The first-order valence-electron chi connectivity index (χ1n) is 15.0. The minimum Gasteiger partial charge on any atom is -0.454 e. The van der Waals surface area contributed by atoms with Gasteiger partial charge >= 0.3 is 0 Å². The highest BCUT2D eigenvalue weighted by Crippen LogP contribution is 2.41. The molecule has 0 aliphatic carbocycles. The lowest BCUT2D eigenvalue weighted by molar-refractivity contribution is 0.669. The summed E-state index contributed by atoms with van der Waals surface area (Å²) in [5, 5.41) is 6.83. The van der Waals surface area contributed by atoms with E-state index in [9.17, 15) is 0 Å². The second-order valence-corrected chi connectivity index (χ2v) is 11.4. The second-order valence-electron chi connectivity index (χ2n) is 11.4. The molecule has 0 aliphatic heterocycles. The van der Waals surface area contributed by atoms with Gasteiger partial charge in [-0.1, -0.05) is 78.9 Å². The summed E-state index contributed by atoms with van der Waals surface area (Å²) in [7, 11) is 0. The van der Waals surface area contributed by atoms with Gasteiger partial charge < -0.3 is 14.6 Å². The number of hydrogen-bond acceptors (Lipinski definition) is 5. The van der Waals surface area contributed by atoms with Crippen molar-refractivity contribution < 1.29 is 8.83 Å². The molecular weight excluding hydrogens is 542 g/mol. The molecule has 210 valence electrons. The molecule has 0 atom stereocenters. The molecule has 5 aromatic carbocycles. The number of aromatic nitrogens is 2. The standard InChI is InChI=1S/C39H27N3O2/c40-20-4-7-23-6-3-9-31-27(23)15-17-33-35(31)37-39(44-33)30(19-22-42-37)26-12-10-25(11-13-26)29-18-21-41-36-34-28-8-2-1-5-24(28)14-16-32(34)43-38(29)36/h1-3,5-6,8-19,21-22H,4,7,20,40H2. The number of aryl methyl sites for hydroxylation is 1. The van der Waals surface area contributed by atoms with Crippen molar-refractivity contribution in [3.63, 3.8) is 0 Å². The molecule has 0 radical (unpaired) electrons. The molecule has 9 rings (SSSR count). The molecule has 2 N–H and O–H groups in total. The van der Waals surface area contributed by atoms with E-state index in [-0.39, 0.29) is 0 Å². The number of rotatable bonds is 5. The van der Waals surface area contributed by atoms with Gasteiger partial charge in [-0.25, -0.2) is 0 Å². The van der Waals surface area contributed by atoms with Crippen molar-refractivity contribution in [3.8, 4) is 22.3 Å². The lowest BCUT2D eigenvalue weighted by Crippen LogP contribution is -2.00. The summed E-state index contributed by atoms with van der Waals surface area (Å²) in [5.41, 5.74) is 16.3. The van der Waals surface area contributed by atoms with Crippen molar-refractivity contribution in [2.24, 2.45) is 5.73 Å². The van der Waals surface area contributed by atoms with Crippen molar-refractivity contribution in [3.05, 3.63) is 121 Å². The Morgan fingerprint density at radius 2 is 1.16 bits per heavy atom. The molecule has 0 unspecified atom stereocenters. The Labute approximate surface area is 252 Å². The number of hydrogen-bond donors (Lipinski definition) is 1. The number of benzene rings is 5. The lowest BCUT2D eigenvalue weighted by atomic mass is 9.97. The third-order valence-electron chi connectivity index (χ3n) is 8.87. The van der Waals surface area contributed by atoms with Gasteiger partial charge in [-0.3, -0.25) is 9.97 Å². The molecule has 5 nitrogen and oxygen atoms in total. The minimum absolute atomic E-state index is 0.679. The van der Waals surface area contributed by atoms with Gasteiger partial charge in [0.1, 0.15) is 22.2 Å². The highest BCUT2D eigenvalue weighted by molar-refractivity contribution is 6.20. The van der Waals surface area contributed by atoms with Crippen molar-refractivity contribution in [1.29, 1.82) is 0 Å². The van der Waals surface area contributed by atoms with Gasteiger partial charge in [-0.2, -0.15) is 0 Å². The molecule has 5 heteroatoms.